The van der Waals surface area contributed by atoms with Gasteiger partial charge in [-0.1, -0.05) is 26.0 Å². The highest BCUT2D eigenvalue weighted by Gasteiger charge is 2.15. The van der Waals surface area contributed by atoms with E-state index in [0.29, 0.717) is 12.1 Å². The summed E-state index contributed by atoms with van der Waals surface area (Å²) in [5.41, 5.74) is 3.18. The van der Waals surface area contributed by atoms with Gasteiger partial charge >= 0.3 is 0 Å². The Kier molecular flexibility index (Phi) is 5.98. The second-order valence-corrected chi connectivity index (χ2v) is 8.31. The highest BCUT2D eigenvalue weighted by Crippen LogP contribution is 2.18. The Hall–Kier alpha value is -2.18. The molecule has 2 aromatic carbocycles. The highest BCUT2D eigenvalue weighted by atomic mass is 32.2. The molecule has 0 aliphatic carbocycles. The molecular formula is C19H24N2O3S. The molecule has 2 N–H and O–H groups in total. The molecule has 0 unspecified atom stereocenters. The van der Waals surface area contributed by atoms with E-state index in [4.69, 9.17) is 0 Å². The van der Waals surface area contributed by atoms with Gasteiger partial charge in [-0.2, -0.15) is 0 Å². The summed E-state index contributed by atoms with van der Waals surface area (Å²) in [5, 5.41) is 2.86. The summed E-state index contributed by atoms with van der Waals surface area (Å²) in [7, 11) is -3.55. The average Bonchev–Trinajstić information content (AvgIpc) is 2.56. The van der Waals surface area contributed by atoms with Crippen LogP contribution in [0.25, 0.3) is 0 Å². The Bertz CT molecular complexity index is 857. The molecule has 0 spiro atoms. The molecule has 1 amide bonds. The maximum absolute atomic E-state index is 12.4. The minimum absolute atomic E-state index is 0.149. The molecule has 2 aromatic rings. The quantitative estimate of drug-likeness (QED) is 0.828. The first kappa shape index (κ1) is 19.1. The lowest BCUT2D eigenvalue weighted by atomic mass is 10.1. The van der Waals surface area contributed by atoms with Crippen molar-refractivity contribution >= 4 is 21.6 Å². The zero-order chi connectivity index (χ0) is 18.6. The predicted molar refractivity (Wildman–Crippen MR) is 100 cm³/mol. The topological polar surface area (TPSA) is 75.3 Å². The Morgan fingerprint density at radius 1 is 1.04 bits per heavy atom. The number of anilines is 1. The molecule has 0 atom stereocenters. The third-order valence-corrected chi connectivity index (χ3v) is 5.19. The number of benzene rings is 2. The SMILES string of the molecule is Cc1ccc(C)c(NC(=O)c2ccc(S(=O)(=O)NCC(C)C)cc2)c1. The normalized spacial score (nSPS) is 11.6. The fourth-order valence-electron chi connectivity index (χ4n) is 2.21. The van der Waals surface area contributed by atoms with Gasteiger partial charge in [0.2, 0.25) is 10.0 Å². The fourth-order valence-corrected chi connectivity index (χ4v) is 3.42. The number of sulfonamides is 1. The molecule has 0 fully saturated rings. The van der Waals surface area contributed by atoms with Crippen molar-refractivity contribution in [1.29, 1.82) is 0 Å². The van der Waals surface area contributed by atoms with E-state index in [1.807, 2.05) is 45.9 Å². The van der Waals surface area contributed by atoms with Gasteiger partial charge in [0.05, 0.1) is 4.90 Å². The fraction of sp³-hybridized carbons (Fsp3) is 0.316. The Morgan fingerprint density at radius 3 is 2.28 bits per heavy atom. The van der Waals surface area contributed by atoms with Gasteiger partial charge in [-0.3, -0.25) is 4.79 Å². The van der Waals surface area contributed by atoms with E-state index >= 15 is 0 Å². The third-order valence-electron chi connectivity index (χ3n) is 3.75. The molecule has 0 aliphatic heterocycles. The first-order valence-corrected chi connectivity index (χ1v) is 9.65. The van der Waals surface area contributed by atoms with E-state index in [-0.39, 0.29) is 16.7 Å². The van der Waals surface area contributed by atoms with E-state index in [1.165, 1.54) is 24.3 Å². The number of carbonyl (C=O) groups excluding carboxylic acids is 1. The second-order valence-electron chi connectivity index (χ2n) is 6.54. The van der Waals surface area contributed by atoms with Crippen LogP contribution in [0, 0.1) is 19.8 Å². The van der Waals surface area contributed by atoms with E-state index in [1.54, 1.807) is 0 Å². The van der Waals surface area contributed by atoms with Crippen LogP contribution < -0.4 is 10.0 Å². The standard InChI is InChI=1S/C19H24N2O3S/c1-13(2)12-20-25(23,24)17-9-7-16(8-10-17)19(22)21-18-11-14(3)5-6-15(18)4/h5-11,13,20H,12H2,1-4H3,(H,21,22). The zero-order valence-corrected chi connectivity index (χ0v) is 15.8. The second kappa shape index (κ2) is 7.80. The molecule has 134 valence electrons. The summed E-state index contributed by atoms with van der Waals surface area (Å²) >= 11 is 0. The summed E-state index contributed by atoms with van der Waals surface area (Å²) in [6, 6.07) is 11.8. The van der Waals surface area contributed by atoms with E-state index in [9.17, 15) is 13.2 Å². The lowest BCUT2D eigenvalue weighted by Gasteiger charge is -2.11. The van der Waals surface area contributed by atoms with Crippen LogP contribution in [0.1, 0.15) is 35.3 Å². The Balaban J connectivity index is 2.14. The molecule has 25 heavy (non-hydrogen) atoms. The monoisotopic (exact) mass is 360 g/mol. The average molecular weight is 360 g/mol. The first-order valence-electron chi connectivity index (χ1n) is 8.17. The number of carbonyl (C=O) groups is 1. The number of amides is 1. The lowest BCUT2D eigenvalue weighted by molar-refractivity contribution is 0.102. The van der Waals surface area contributed by atoms with Crippen LogP contribution >= 0.6 is 0 Å². The number of nitrogens with one attached hydrogen (secondary N) is 2. The van der Waals surface area contributed by atoms with Crippen LogP contribution in [0.5, 0.6) is 0 Å². The van der Waals surface area contributed by atoms with E-state index in [0.717, 1.165) is 16.8 Å². The van der Waals surface area contributed by atoms with Crippen LogP contribution in [0.2, 0.25) is 0 Å². The van der Waals surface area contributed by atoms with Crippen molar-refractivity contribution in [1.82, 2.24) is 4.72 Å². The molecule has 0 heterocycles. The smallest absolute Gasteiger partial charge is 0.255 e. The number of hydrogen-bond donors (Lipinski definition) is 2. The molecule has 5 nitrogen and oxygen atoms in total. The minimum atomic E-state index is -3.55. The Morgan fingerprint density at radius 2 is 1.68 bits per heavy atom. The maximum atomic E-state index is 12.4. The van der Waals surface area contributed by atoms with Crippen molar-refractivity contribution in [2.45, 2.75) is 32.6 Å². The van der Waals surface area contributed by atoms with Crippen LogP contribution in [0.15, 0.2) is 47.4 Å². The molecule has 0 bridgehead atoms. The third kappa shape index (κ3) is 5.14. The molecular weight excluding hydrogens is 336 g/mol. The van der Waals surface area contributed by atoms with Crippen molar-refractivity contribution in [2.75, 3.05) is 11.9 Å². The van der Waals surface area contributed by atoms with Gasteiger partial charge < -0.3 is 5.32 Å². The van der Waals surface area contributed by atoms with Gasteiger partial charge in [0.1, 0.15) is 0 Å². The molecule has 2 rings (SSSR count). The van der Waals surface area contributed by atoms with Gasteiger partial charge in [0.25, 0.3) is 5.91 Å². The van der Waals surface area contributed by atoms with E-state index < -0.39 is 10.0 Å². The molecule has 6 heteroatoms. The summed E-state index contributed by atoms with van der Waals surface area (Å²) < 4.78 is 26.9. The Labute approximate surface area is 149 Å². The van der Waals surface area contributed by atoms with Gasteiger partial charge in [-0.25, -0.2) is 13.1 Å². The molecule has 0 saturated carbocycles. The van der Waals surface area contributed by atoms with Gasteiger partial charge in [-0.15, -0.1) is 0 Å². The van der Waals surface area contributed by atoms with E-state index in [2.05, 4.69) is 10.0 Å². The maximum Gasteiger partial charge on any atom is 0.255 e. The summed E-state index contributed by atoms with van der Waals surface area (Å²) in [5.74, 6) is -0.0508. The van der Waals surface area contributed by atoms with Crippen LogP contribution in [-0.2, 0) is 10.0 Å². The molecule has 0 saturated heterocycles. The summed E-state index contributed by atoms with van der Waals surface area (Å²) in [6.45, 7) is 8.12. The highest BCUT2D eigenvalue weighted by molar-refractivity contribution is 7.89. The largest absolute Gasteiger partial charge is 0.322 e. The van der Waals surface area contributed by atoms with Crippen LogP contribution in [0.3, 0.4) is 0 Å². The number of rotatable bonds is 6. The van der Waals surface area contributed by atoms with Crippen LogP contribution in [0.4, 0.5) is 5.69 Å². The van der Waals surface area contributed by atoms with Gasteiger partial charge in [0, 0.05) is 17.8 Å². The van der Waals surface area contributed by atoms with Crippen molar-refractivity contribution < 1.29 is 13.2 Å². The minimum Gasteiger partial charge on any atom is -0.322 e. The molecule has 0 radical (unpaired) electrons. The lowest BCUT2D eigenvalue weighted by Crippen LogP contribution is -2.27. The van der Waals surface area contributed by atoms with Crippen molar-refractivity contribution in [3.8, 4) is 0 Å². The van der Waals surface area contributed by atoms with Crippen molar-refractivity contribution in [3.05, 3.63) is 59.2 Å². The zero-order valence-electron chi connectivity index (χ0n) is 15.0. The van der Waals surface area contributed by atoms with Gasteiger partial charge in [-0.05, 0) is 61.2 Å². The van der Waals surface area contributed by atoms with Crippen molar-refractivity contribution in [2.24, 2.45) is 5.92 Å². The first-order chi connectivity index (χ1) is 11.7. The molecule has 0 aliphatic rings. The number of aryl methyl sites for hydroxylation is 2. The predicted octanol–water partition coefficient (Wildman–Crippen LogP) is 3.49. The number of hydrogen-bond acceptors (Lipinski definition) is 3. The summed E-state index contributed by atoms with van der Waals surface area (Å²) in [6.07, 6.45) is 0. The molecule has 0 aromatic heterocycles. The van der Waals surface area contributed by atoms with Gasteiger partial charge in [0.15, 0.2) is 0 Å². The summed E-state index contributed by atoms with van der Waals surface area (Å²) in [4.78, 5) is 12.5. The van der Waals surface area contributed by atoms with Crippen molar-refractivity contribution in [3.63, 3.8) is 0 Å². The van der Waals surface area contributed by atoms with Crippen LogP contribution in [-0.4, -0.2) is 20.9 Å².